The molecule has 0 unspecified atom stereocenters. The van der Waals surface area contributed by atoms with Gasteiger partial charge in [0, 0.05) is 10.0 Å². The summed E-state index contributed by atoms with van der Waals surface area (Å²) in [6.45, 7) is 7.57. The third-order valence-corrected chi connectivity index (χ3v) is 4.68. The number of amides is 2. The molecule has 0 aliphatic carbocycles. The highest BCUT2D eigenvalue weighted by Crippen LogP contribution is 2.33. The van der Waals surface area contributed by atoms with Crippen molar-refractivity contribution in [2.24, 2.45) is 0 Å². The zero-order chi connectivity index (χ0) is 23.7. The fraction of sp³-hybridized carbons (Fsp3) is 0.348. The molecule has 0 saturated heterocycles. The minimum absolute atomic E-state index is 0.171. The van der Waals surface area contributed by atoms with Crippen molar-refractivity contribution < 1.29 is 28.6 Å². The van der Waals surface area contributed by atoms with Crippen LogP contribution in [0.1, 0.15) is 43.6 Å². The van der Waals surface area contributed by atoms with Gasteiger partial charge in [0.15, 0.2) is 13.2 Å². The number of nitrogens with one attached hydrogen (secondary N) is 2. The second-order valence-corrected chi connectivity index (χ2v) is 8.72. The molecule has 8 nitrogen and oxygen atoms in total. The van der Waals surface area contributed by atoms with Crippen LogP contribution in [-0.2, 0) is 19.7 Å². The summed E-state index contributed by atoms with van der Waals surface area (Å²) in [5.74, 6) is -0.504. The molecule has 2 rings (SSSR count). The van der Waals surface area contributed by atoms with E-state index in [0.29, 0.717) is 17.1 Å². The average Bonchev–Trinajstić information content (AvgIpc) is 2.75. The van der Waals surface area contributed by atoms with Crippen molar-refractivity contribution in [3.8, 4) is 11.5 Å². The van der Waals surface area contributed by atoms with Crippen LogP contribution in [0, 0.1) is 0 Å². The summed E-state index contributed by atoms with van der Waals surface area (Å²) in [5.41, 5.74) is 5.71. The first-order valence-corrected chi connectivity index (χ1v) is 10.8. The molecule has 2 aromatic carbocycles. The number of benzene rings is 2. The van der Waals surface area contributed by atoms with E-state index in [0.717, 1.165) is 10.0 Å². The minimum atomic E-state index is -0.549. The molecule has 0 heterocycles. The molecular formula is C23H27BrN2O6. The molecule has 0 radical (unpaired) electrons. The van der Waals surface area contributed by atoms with Crippen LogP contribution in [0.15, 0.2) is 46.9 Å². The van der Waals surface area contributed by atoms with E-state index < -0.39 is 17.8 Å². The predicted molar refractivity (Wildman–Crippen MR) is 123 cm³/mol. The third-order valence-electron chi connectivity index (χ3n) is 4.19. The smallest absolute Gasteiger partial charge is 0.338 e. The lowest BCUT2D eigenvalue weighted by molar-refractivity contribution is -0.131. The molecule has 0 aliphatic heterocycles. The average molecular weight is 507 g/mol. The van der Waals surface area contributed by atoms with Gasteiger partial charge in [0.1, 0.15) is 11.5 Å². The van der Waals surface area contributed by atoms with Crippen LogP contribution in [0.5, 0.6) is 11.5 Å². The number of carbonyl (C=O) groups excluding carboxylic acids is 3. The Labute approximate surface area is 195 Å². The molecule has 0 saturated carbocycles. The largest absolute Gasteiger partial charge is 0.484 e. The summed E-state index contributed by atoms with van der Waals surface area (Å²) in [7, 11) is 0. The van der Waals surface area contributed by atoms with Gasteiger partial charge in [-0.25, -0.2) is 4.79 Å². The molecule has 0 aliphatic rings. The maximum Gasteiger partial charge on any atom is 0.338 e. The molecule has 32 heavy (non-hydrogen) atoms. The van der Waals surface area contributed by atoms with Gasteiger partial charge in [-0.15, -0.1) is 0 Å². The lowest BCUT2D eigenvalue weighted by atomic mass is 9.86. The van der Waals surface area contributed by atoms with Crippen LogP contribution in [0.3, 0.4) is 0 Å². The standard InChI is InChI=1S/C23H27BrN2O6/c1-5-30-22(29)15-6-9-17(10-7-15)31-13-20(27)25-26-21(28)14-32-19-11-8-16(24)12-18(19)23(2,3)4/h6-12H,5,13-14H2,1-4H3,(H,25,27)(H,26,28). The van der Waals surface area contributed by atoms with Crippen molar-refractivity contribution in [3.05, 3.63) is 58.1 Å². The summed E-state index contributed by atoms with van der Waals surface area (Å²) in [6, 6.07) is 11.8. The van der Waals surface area contributed by atoms with Gasteiger partial charge in [-0.05, 0) is 54.8 Å². The van der Waals surface area contributed by atoms with E-state index in [1.165, 1.54) is 12.1 Å². The molecule has 0 fully saturated rings. The fourth-order valence-corrected chi connectivity index (χ4v) is 2.98. The molecule has 172 valence electrons. The summed E-state index contributed by atoms with van der Waals surface area (Å²) in [6.07, 6.45) is 0. The second kappa shape index (κ2) is 11.5. The number of halogens is 1. The Morgan fingerprint density at radius 3 is 2.06 bits per heavy atom. The van der Waals surface area contributed by atoms with Crippen LogP contribution in [-0.4, -0.2) is 37.6 Å². The van der Waals surface area contributed by atoms with E-state index in [1.54, 1.807) is 25.1 Å². The van der Waals surface area contributed by atoms with E-state index >= 15 is 0 Å². The van der Waals surface area contributed by atoms with Crippen molar-refractivity contribution in [2.75, 3.05) is 19.8 Å². The lowest BCUT2D eigenvalue weighted by Crippen LogP contribution is -2.45. The van der Waals surface area contributed by atoms with Crippen molar-refractivity contribution in [2.45, 2.75) is 33.1 Å². The highest BCUT2D eigenvalue weighted by Gasteiger charge is 2.20. The van der Waals surface area contributed by atoms with Gasteiger partial charge in [-0.3, -0.25) is 20.4 Å². The van der Waals surface area contributed by atoms with Gasteiger partial charge in [0.25, 0.3) is 11.8 Å². The van der Waals surface area contributed by atoms with E-state index in [2.05, 4.69) is 26.8 Å². The van der Waals surface area contributed by atoms with Crippen LogP contribution >= 0.6 is 15.9 Å². The van der Waals surface area contributed by atoms with E-state index in [1.807, 2.05) is 32.9 Å². The Kier molecular flexibility index (Phi) is 9.07. The quantitative estimate of drug-likeness (QED) is 0.419. The number of ether oxygens (including phenoxy) is 3. The molecule has 2 aromatic rings. The van der Waals surface area contributed by atoms with Gasteiger partial charge >= 0.3 is 5.97 Å². The fourth-order valence-electron chi connectivity index (χ4n) is 2.62. The van der Waals surface area contributed by atoms with Crippen LogP contribution in [0.4, 0.5) is 0 Å². The monoisotopic (exact) mass is 506 g/mol. The number of hydrazine groups is 1. The zero-order valence-corrected chi connectivity index (χ0v) is 20.1. The maximum atomic E-state index is 12.0. The van der Waals surface area contributed by atoms with Crippen molar-refractivity contribution >= 4 is 33.7 Å². The molecule has 0 spiro atoms. The highest BCUT2D eigenvalue weighted by atomic mass is 79.9. The Balaban J connectivity index is 1.77. The summed E-state index contributed by atoms with van der Waals surface area (Å²) >= 11 is 3.44. The number of hydrogen-bond donors (Lipinski definition) is 2. The number of rotatable bonds is 8. The van der Waals surface area contributed by atoms with Crippen molar-refractivity contribution in [3.63, 3.8) is 0 Å². The van der Waals surface area contributed by atoms with Crippen LogP contribution in [0.25, 0.3) is 0 Å². The molecule has 2 amide bonds. The Hall–Kier alpha value is -3.07. The van der Waals surface area contributed by atoms with Crippen molar-refractivity contribution in [1.29, 1.82) is 0 Å². The normalized spacial score (nSPS) is 10.8. The predicted octanol–water partition coefficient (Wildman–Crippen LogP) is 3.53. The number of esters is 1. The topological polar surface area (TPSA) is 103 Å². The van der Waals surface area contributed by atoms with E-state index in [9.17, 15) is 14.4 Å². The Morgan fingerprint density at radius 2 is 1.50 bits per heavy atom. The first kappa shape index (κ1) is 25.2. The summed E-state index contributed by atoms with van der Waals surface area (Å²) < 4.78 is 16.8. The SMILES string of the molecule is CCOC(=O)c1ccc(OCC(=O)NNC(=O)COc2ccc(Br)cc2C(C)(C)C)cc1. The molecule has 0 atom stereocenters. The first-order valence-electron chi connectivity index (χ1n) is 10.0. The molecular weight excluding hydrogens is 480 g/mol. The lowest BCUT2D eigenvalue weighted by Gasteiger charge is -2.23. The van der Waals surface area contributed by atoms with Gasteiger partial charge in [0.2, 0.25) is 0 Å². The molecule has 2 N–H and O–H groups in total. The maximum absolute atomic E-state index is 12.0. The Morgan fingerprint density at radius 1 is 0.906 bits per heavy atom. The van der Waals surface area contributed by atoms with Gasteiger partial charge in [-0.1, -0.05) is 36.7 Å². The number of hydrogen-bond acceptors (Lipinski definition) is 6. The summed E-state index contributed by atoms with van der Waals surface area (Å²) in [4.78, 5) is 35.6. The van der Waals surface area contributed by atoms with Gasteiger partial charge < -0.3 is 14.2 Å². The molecule has 0 bridgehead atoms. The first-order chi connectivity index (χ1) is 15.1. The molecule has 0 aromatic heterocycles. The molecule has 9 heteroatoms. The third kappa shape index (κ3) is 7.88. The van der Waals surface area contributed by atoms with Crippen LogP contribution in [0.2, 0.25) is 0 Å². The van der Waals surface area contributed by atoms with Gasteiger partial charge in [0.05, 0.1) is 12.2 Å². The minimum Gasteiger partial charge on any atom is -0.484 e. The van der Waals surface area contributed by atoms with E-state index in [-0.39, 0.29) is 25.2 Å². The van der Waals surface area contributed by atoms with E-state index in [4.69, 9.17) is 14.2 Å². The Bertz CT molecular complexity index is 954. The highest BCUT2D eigenvalue weighted by molar-refractivity contribution is 9.10. The number of carbonyl (C=O) groups is 3. The van der Waals surface area contributed by atoms with Gasteiger partial charge in [-0.2, -0.15) is 0 Å². The van der Waals surface area contributed by atoms with Crippen molar-refractivity contribution in [1.82, 2.24) is 10.9 Å². The summed E-state index contributed by atoms with van der Waals surface area (Å²) in [5, 5.41) is 0. The van der Waals surface area contributed by atoms with Crippen LogP contribution < -0.4 is 20.3 Å². The second-order valence-electron chi connectivity index (χ2n) is 7.81. The zero-order valence-electron chi connectivity index (χ0n) is 18.5.